The number of nitrogens with zero attached hydrogens (tertiary/aromatic N) is 2. The zero-order valence-corrected chi connectivity index (χ0v) is 20.0. The van der Waals surface area contributed by atoms with Crippen LogP contribution in [0, 0.1) is 13.8 Å². The van der Waals surface area contributed by atoms with Crippen molar-refractivity contribution in [2.45, 2.75) is 20.0 Å². The van der Waals surface area contributed by atoms with E-state index in [1.165, 1.54) is 5.69 Å². The molecule has 1 fully saturated rings. The highest BCUT2D eigenvalue weighted by atomic mass is 35.5. The molecular formula is C22H31Cl3N2O3. The van der Waals surface area contributed by atoms with Crippen LogP contribution in [0.5, 0.6) is 11.5 Å². The maximum absolute atomic E-state index is 10.4. The van der Waals surface area contributed by atoms with E-state index < -0.39 is 6.10 Å². The monoisotopic (exact) mass is 476 g/mol. The molecule has 3 rings (SSSR count). The second kappa shape index (κ2) is 12.5. The second-order valence-corrected chi connectivity index (χ2v) is 7.70. The molecule has 2 aromatic carbocycles. The highest BCUT2D eigenvalue weighted by molar-refractivity contribution is 6.32. The van der Waals surface area contributed by atoms with E-state index in [9.17, 15) is 5.11 Å². The Labute approximate surface area is 196 Å². The molecule has 8 heteroatoms. The van der Waals surface area contributed by atoms with Crippen molar-refractivity contribution in [1.29, 1.82) is 0 Å². The van der Waals surface area contributed by atoms with Crippen molar-refractivity contribution >= 4 is 42.1 Å². The van der Waals surface area contributed by atoms with Gasteiger partial charge in [0.15, 0.2) is 0 Å². The molecule has 1 unspecified atom stereocenters. The van der Waals surface area contributed by atoms with E-state index in [1.54, 1.807) is 7.11 Å². The number of piperazine rings is 1. The van der Waals surface area contributed by atoms with E-state index in [1.807, 2.05) is 38.1 Å². The van der Waals surface area contributed by atoms with Crippen molar-refractivity contribution in [3.8, 4) is 11.5 Å². The van der Waals surface area contributed by atoms with Gasteiger partial charge in [-0.2, -0.15) is 0 Å². The van der Waals surface area contributed by atoms with Crippen molar-refractivity contribution in [2.24, 2.45) is 0 Å². The molecule has 0 aromatic heterocycles. The van der Waals surface area contributed by atoms with Crippen LogP contribution in [0.4, 0.5) is 5.69 Å². The minimum atomic E-state index is -0.524. The fraction of sp³-hybridized carbons (Fsp3) is 0.455. The van der Waals surface area contributed by atoms with Gasteiger partial charge in [-0.3, -0.25) is 4.90 Å². The second-order valence-electron chi connectivity index (χ2n) is 7.32. The SMILES string of the molecule is COc1ccc(N2CCN(CC(O)COc3cc(C)c(Cl)c(C)c3)CC2)cc1.Cl.Cl. The number of aliphatic hydroxyl groups excluding tert-OH is 1. The molecule has 1 atom stereocenters. The van der Waals surface area contributed by atoms with Crippen LogP contribution in [0.15, 0.2) is 36.4 Å². The normalized spacial score (nSPS) is 15.0. The lowest BCUT2D eigenvalue weighted by Crippen LogP contribution is -2.49. The first-order valence-electron chi connectivity index (χ1n) is 9.65. The Morgan fingerprint density at radius 1 is 0.967 bits per heavy atom. The smallest absolute Gasteiger partial charge is 0.120 e. The molecule has 0 saturated carbocycles. The zero-order valence-electron chi connectivity index (χ0n) is 17.6. The fourth-order valence-corrected chi connectivity index (χ4v) is 3.62. The van der Waals surface area contributed by atoms with Gasteiger partial charge in [0.05, 0.1) is 7.11 Å². The van der Waals surface area contributed by atoms with E-state index in [0.29, 0.717) is 6.54 Å². The molecule has 5 nitrogen and oxygen atoms in total. The molecular weight excluding hydrogens is 447 g/mol. The van der Waals surface area contributed by atoms with Crippen LogP contribution >= 0.6 is 36.4 Å². The summed E-state index contributed by atoms with van der Waals surface area (Å²) < 4.78 is 11.0. The summed E-state index contributed by atoms with van der Waals surface area (Å²) in [6.45, 7) is 8.53. The van der Waals surface area contributed by atoms with E-state index in [-0.39, 0.29) is 31.4 Å². The number of anilines is 1. The van der Waals surface area contributed by atoms with Gasteiger partial charge >= 0.3 is 0 Å². The summed E-state index contributed by atoms with van der Waals surface area (Å²) in [7, 11) is 1.68. The number of benzene rings is 2. The number of methoxy groups -OCH3 is 1. The van der Waals surface area contributed by atoms with Gasteiger partial charge in [-0.05, 0) is 61.4 Å². The van der Waals surface area contributed by atoms with Crippen LogP contribution in [0.2, 0.25) is 5.02 Å². The van der Waals surface area contributed by atoms with E-state index in [4.69, 9.17) is 21.1 Å². The lowest BCUT2D eigenvalue weighted by molar-refractivity contribution is 0.0663. The minimum Gasteiger partial charge on any atom is -0.497 e. The number of rotatable bonds is 7. The van der Waals surface area contributed by atoms with E-state index in [2.05, 4.69) is 21.9 Å². The van der Waals surface area contributed by atoms with E-state index >= 15 is 0 Å². The third-order valence-electron chi connectivity index (χ3n) is 5.13. The highest BCUT2D eigenvalue weighted by Gasteiger charge is 2.20. The van der Waals surface area contributed by atoms with E-state index in [0.717, 1.165) is 53.8 Å². The number of hydrogen-bond donors (Lipinski definition) is 1. The van der Waals surface area contributed by atoms with Crippen molar-refractivity contribution in [2.75, 3.05) is 51.3 Å². The first-order chi connectivity index (χ1) is 13.5. The highest BCUT2D eigenvalue weighted by Crippen LogP contribution is 2.26. The zero-order chi connectivity index (χ0) is 20.1. The maximum atomic E-state index is 10.4. The largest absolute Gasteiger partial charge is 0.497 e. The van der Waals surface area contributed by atoms with Crippen molar-refractivity contribution < 1.29 is 14.6 Å². The van der Waals surface area contributed by atoms with Crippen LogP contribution in [0.1, 0.15) is 11.1 Å². The average Bonchev–Trinajstić information content (AvgIpc) is 2.71. The number of aliphatic hydroxyl groups is 1. The molecule has 1 aliphatic heterocycles. The summed E-state index contributed by atoms with van der Waals surface area (Å²) >= 11 is 6.19. The first-order valence-corrected chi connectivity index (χ1v) is 10.0. The Morgan fingerprint density at radius 2 is 1.53 bits per heavy atom. The maximum Gasteiger partial charge on any atom is 0.120 e. The molecule has 0 amide bonds. The van der Waals surface area contributed by atoms with Crippen LogP contribution in [-0.4, -0.2) is 62.6 Å². The third kappa shape index (κ3) is 7.10. The molecule has 0 bridgehead atoms. The quantitative estimate of drug-likeness (QED) is 0.641. The first kappa shape index (κ1) is 26.7. The molecule has 1 aliphatic rings. The van der Waals surface area contributed by atoms with Gasteiger partial charge in [0, 0.05) is 43.4 Å². The summed E-state index contributed by atoms with van der Waals surface area (Å²) in [4.78, 5) is 4.64. The predicted octanol–water partition coefficient (Wildman–Crippen LogP) is 4.37. The topological polar surface area (TPSA) is 45.2 Å². The molecule has 1 heterocycles. The summed E-state index contributed by atoms with van der Waals surface area (Å²) in [6.07, 6.45) is -0.524. The number of β-amino-alcohol motifs (C(OH)–C–C–N with tert-alkyl or cyclic N) is 1. The Bertz CT molecular complexity index is 759. The molecule has 2 aromatic rings. The number of ether oxygens (including phenoxy) is 2. The molecule has 1 saturated heterocycles. The van der Waals surface area contributed by atoms with Gasteiger partial charge < -0.3 is 19.5 Å². The van der Waals surface area contributed by atoms with Gasteiger partial charge in [0.25, 0.3) is 0 Å². The number of halogens is 3. The molecule has 30 heavy (non-hydrogen) atoms. The van der Waals surface area contributed by atoms with Gasteiger partial charge in [0.1, 0.15) is 24.2 Å². The van der Waals surface area contributed by atoms with Gasteiger partial charge in [0.2, 0.25) is 0 Å². The predicted molar refractivity (Wildman–Crippen MR) is 129 cm³/mol. The molecule has 0 spiro atoms. The van der Waals surface area contributed by atoms with Crippen LogP contribution in [-0.2, 0) is 0 Å². The molecule has 168 valence electrons. The van der Waals surface area contributed by atoms with Gasteiger partial charge in [-0.1, -0.05) is 11.6 Å². The standard InChI is InChI=1S/C22H29ClN2O3.2ClH/c1-16-12-21(13-17(2)22(16)23)28-15-19(26)14-24-8-10-25(11-9-24)18-4-6-20(27-3)7-5-18;;/h4-7,12-13,19,26H,8-11,14-15H2,1-3H3;2*1H. The molecule has 0 radical (unpaired) electrons. The summed E-state index contributed by atoms with van der Waals surface area (Å²) in [6, 6.07) is 12.0. The average molecular weight is 478 g/mol. The van der Waals surface area contributed by atoms with Gasteiger partial charge in [-0.25, -0.2) is 0 Å². The number of hydrogen-bond acceptors (Lipinski definition) is 5. The summed E-state index contributed by atoms with van der Waals surface area (Å²) in [5.74, 6) is 1.62. The lowest BCUT2D eigenvalue weighted by Gasteiger charge is -2.36. The Morgan fingerprint density at radius 3 is 2.07 bits per heavy atom. The molecule has 1 N–H and O–H groups in total. The van der Waals surface area contributed by atoms with Crippen LogP contribution in [0.3, 0.4) is 0 Å². The third-order valence-corrected chi connectivity index (χ3v) is 5.73. The fourth-order valence-electron chi connectivity index (χ4n) is 3.51. The lowest BCUT2D eigenvalue weighted by atomic mass is 10.1. The Kier molecular flexibility index (Phi) is 11.1. The Balaban J connectivity index is 0.00000225. The molecule has 0 aliphatic carbocycles. The van der Waals surface area contributed by atoms with Crippen LogP contribution < -0.4 is 14.4 Å². The number of aryl methyl sites for hydroxylation is 2. The van der Waals surface area contributed by atoms with Crippen LogP contribution in [0.25, 0.3) is 0 Å². The summed E-state index contributed by atoms with van der Waals surface area (Å²) in [5.41, 5.74) is 3.18. The van der Waals surface area contributed by atoms with Gasteiger partial charge in [-0.15, -0.1) is 24.8 Å². The minimum absolute atomic E-state index is 0. The summed E-state index contributed by atoms with van der Waals surface area (Å²) in [5, 5.41) is 11.1. The Hall–Kier alpha value is -1.37. The van der Waals surface area contributed by atoms with Crippen molar-refractivity contribution in [1.82, 2.24) is 4.90 Å². The van der Waals surface area contributed by atoms with Crippen molar-refractivity contribution in [3.05, 3.63) is 52.5 Å². The van der Waals surface area contributed by atoms with Crippen molar-refractivity contribution in [3.63, 3.8) is 0 Å².